The molecule has 0 saturated heterocycles. The molecule has 0 radical (unpaired) electrons. The smallest absolute Gasteiger partial charge is 0.147 e. The third-order valence-corrected chi connectivity index (χ3v) is 2.69. The van der Waals surface area contributed by atoms with Crippen molar-refractivity contribution in [2.75, 3.05) is 5.73 Å². The molecular weight excluding hydrogens is 188 g/mol. The largest absolute Gasteiger partial charge is 0.382 e. The molecule has 0 bridgehead atoms. The molecule has 2 aromatic heterocycles. The van der Waals surface area contributed by atoms with E-state index in [2.05, 4.69) is 9.97 Å². The Balaban J connectivity index is 2.01. The summed E-state index contributed by atoms with van der Waals surface area (Å²) >= 11 is 0. The summed E-state index contributed by atoms with van der Waals surface area (Å²) in [6.45, 7) is 0. The molecule has 4 nitrogen and oxygen atoms in total. The Morgan fingerprint density at radius 2 is 2.20 bits per heavy atom. The second-order valence-electron chi connectivity index (χ2n) is 3.89. The van der Waals surface area contributed by atoms with Gasteiger partial charge in [-0.15, -0.1) is 0 Å². The van der Waals surface area contributed by atoms with Crippen LogP contribution in [-0.2, 0) is 0 Å². The zero-order chi connectivity index (χ0) is 10.3. The average Bonchev–Trinajstić information content (AvgIpc) is 2.99. The van der Waals surface area contributed by atoms with Crippen molar-refractivity contribution in [1.29, 1.82) is 0 Å². The maximum Gasteiger partial charge on any atom is 0.147 e. The lowest BCUT2D eigenvalue weighted by atomic mass is 10.3. The summed E-state index contributed by atoms with van der Waals surface area (Å²) in [6.07, 6.45) is 8.07. The van der Waals surface area contributed by atoms with Gasteiger partial charge in [0.25, 0.3) is 0 Å². The second kappa shape index (κ2) is 3.08. The van der Waals surface area contributed by atoms with Gasteiger partial charge in [0.15, 0.2) is 0 Å². The summed E-state index contributed by atoms with van der Waals surface area (Å²) in [5.41, 5.74) is 7.86. The first-order valence-electron chi connectivity index (χ1n) is 5.09. The van der Waals surface area contributed by atoms with E-state index in [9.17, 15) is 0 Å². The molecule has 1 aliphatic carbocycles. The van der Waals surface area contributed by atoms with Gasteiger partial charge in [0.1, 0.15) is 5.82 Å². The van der Waals surface area contributed by atoms with Crippen LogP contribution in [0.2, 0.25) is 0 Å². The topological polar surface area (TPSA) is 56.7 Å². The fourth-order valence-electron chi connectivity index (χ4n) is 1.69. The summed E-state index contributed by atoms with van der Waals surface area (Å²) in [6, 6.07) is 3.82. The minimum atomic E-state index is 0.539. The number of nitrogens with two attached hydrogens (primary N) is 1. The van der Waals surface area contributed by atoms with E-state index < -0.39 is 0 Å². The molecule has 4 heteroatoms. The van der Waals surface area contributed by atoms with Gasteiger partial charge in [-0.05, 0) is 25.0 Å². The molecular formula is C11H12N4. The van der Waals surface area contributed by atoms with Gasteiger partial charge in [0.2, 0.25) is 0 Å². The molecule has 0 aliphatic heterocycles. The molecule has 2 heterocycles. The van der Waals surface area contributed by atoms with Crippen LogP contribution in [0, 0.1) is 0 Å². The summed E-state index contributed by atoms with van der Waals surface area (Å²) in [4.78, 5) is 8.43. The number of imidazole rings is 1. The molecule has 15 heavy (non-hydrogen) atoms. The molecule has 1 aliphatic rings. The van der Waals surface area contributed by atoms with Crippen molar-refractivity contribution in [2.24, 2.45) is 0 Å². The summed E-state index contributed by atoms with van der Waals surface area (Å²) in [5.74, 6) is 1.21. The van der Waals surface area contributed by atoms with Crippen LogP contribution in [0.15, 0.2) is 30.9 Å². The molecule has 3 rings (SSSR count). The summed E-state index contributed by atoms with van der Waals surface area (Å²) in [5, 5.41) is 0. The van der Waals surface area contributed by atoms with Gasteiger partial charge >= 0.3 is 0 Å². The molecule has 0 atom stereocenters. The Morgan fingerprint density at radius 3 is 2.93 bits per heavy atom. The Kier molecular flexibility index (Phi) is 1.74. The molecule has 76 valence electrons. The highest BCUT2D eigenvalue weighted by atomic mass is 15.1. The maximum absolute atomic E-state index is 5.79. The monoisotopic (exact) mass is 200 g/mol. The lowest BCUT2D eigenvalue weighted by Gasteiger charge is -2.03. The van der Waals surface area contributed by atoms with Crippen LogP contribution in [0.5, 0.6) is 0 Å². The Bertz CT molecular complexity index is 485. The number of nitrogen functional groups attached to an aromatic ring is 1. The van der Waals surface area contributed by atoms with Gasteiger partial charge in [-0.2, -0.15) is 0 Å². The third kappa shape index (κ3) is 1.48. The van der Waals surface area contributed by atoms with Crippen molar-refractivity contribution >= 4 is 5.82 Å². The van der Waals surface area contributed by atoms with Crippen LogP contribution in [0.1, 0.15) is 24.5 Å². The van der Waals surface area contributed by atoms with Crippen molar-refractivity contribution in [3.05, 3.63) is 36.5 Å². The third-order valence-electron chi connectivity index (χ3n) is 2.69. The van der Waals surface area contributed by atoms with Gasteiger partial charge in [0.05, 0.1) is 17.7 Å². The van der Waals surface area contributed by atoms with Crippen LogP contribution < -0.4 is 5.73 Å². The van der Waals surface area contributed by atoms with Crippen LogP contribution >= 0.6 is 0 Å². The molecule has 1 saturated carbocycles. The van der Waals surface area contributed by atoms with E-state index in [1.54, 1.807) is 12.5 Å². The van der Waals surface area contributed by atoms with E-state index in [0.29, 0.717) is 11.7 Å². The quantitative estimate of drug-likeness (QED) is 0.803. The zero-order valence-electron chi connectivity index (χ0n) is 8.30. The van der Waals surface area contributed by atoms with Crippen LogP contribution in [0.25, 0.3) is 5.69 Å². The van der Waals surface area contributed by atoms with E-state index in [1.165, 1.54) is 18.5 Å². The van der Waals surface area contributed by atoms with Gasteiger partial charge in [-0.1, -0.05) is 0 Å². The highest BCUT2D eigenvalue weighted by Gasteiger charge is 2.25. The number of aromatic nitrogens is 3. The fourth-order valence-corrected chi connectivity index (χ4v) is 1.69. The first-order valence-corrected chi connectivity index (χ1v) is 5.09. The van der Waals surface area contributed by atoms with E-state index in [1.807, 2.05) is 22.9 Å². The van der Waals surface area contributed by atoms with Gasteiger partial charge in [-0.3, -0.25) is 0 Å². The van der Waals surface area contributed by atoms with E-state index >= 15 is 0 Å². The van der Waals surface area contributed by atoms with Gasteiger partial charge in [0, 0.05) is 18.3 Å². The number of anilines is 1. The number of pyridine rings is 1. The maximum atomic E-state index is 5.79. The van der Waals surface area contributed by atoms with Gasteiger partial charge < -0.3 is 10.3 Å². The molecule has 2 N–H and O–H groups in total. The number of nitrogens with zero attached hydrogens (tertiary/aromatic N) is 3. The summed E-state index contributed by atoms with van der Waals surface area (Å²) < 4.78 is 1.94. The Hall–Kier alpha value is -1.84. The van der Waals surface area contributed by atoms with E-state index in [4.69, 9.17) is 5.73 Å². The predicted octanol–water partition coefficient (Wildman–Crippen LogP) is 1.73. The lowest BCUT2D eigenvalue weighted by molar-refractivity contribution is 1.04. The summed E-state index contributed by atoms with van der Waals surface area (Å²) in [7, 11) is 0. The lowest BCUT2D eigenvalue weighted by Crippen LogP contribution is -1.99. The standard InChI is InChI=1S/C11H12N4/c12-11-10(2-1-5-13-11)15-6-9(14-7-15)8-3-4-8/h1-2,5-8H,3-4H2,(H2,12,13). The molecule has 1 fully saturated rings. The zero-order valence-corrected chi connectivity index (χ0v) is 8.30. The minimum absolute atomic E-state index is 0.539. The first kappa shape index (κ1) is 8.47. The number of hydrogen-bond donors (Lipinski definition) is 1. The molecule has 2 aromatic rings. The van der Waals surface area contributed by atoms with Crippen LogP contribution in [0.4, 0.5) is 5.82 Å². The number of hydrogen-bond acceptors (Lipinski definition) is 3. The highest BCUT2D eigenvalue weighted by Crippen LogP contribution is 2.39. The van der Waals surface area contributed by atoms with Crippen molar-refractivity contribution < 1.29 is 0 Å². The molecule has 0 spiro atoms. The second-order valence-corrected chi connectivity index (χ2v) is 3.89. The van der Waals surface area contributed by atoms with Crippen molar-refractivity contribution in [3.63, 3.8) is 0 Å². The normalized spacial score (nSPS) is 15.5. The Labute approximate surface area is 87.8 Å². The van der Waals surface area contributed by atoms with E-state index in [-0.39, 0.29) is 0 Å². The van der Waals surface area contributed by atoms with Crippen LogP contribution in [-0.4, -0.2) is 14.5 Å². The van der Waals surface area contributed by atoms with Crippen molar-refractivity contribution in [3.8, 4) is 5.69 Å². The van der Waals surface area contributed by atoms with Crippen molar-refractivity contribution in [1.82, 2.24) is 14.5 Å². The highest BCUT2D eigenvalue weighted by molar-refractivity contribution is 5.51. The molecule has 0 unspecified atom stereocenters. The van der Waals surface area contributed by atoms with Gasteiger partial charge in [-0.25, -0.2) is 9.97 Å². The Morgan fingerprint density at radius 1 is 1.33 bits per heavy atom. The fraction of sp³-hybridized carbons (Fsp3) is 0.273. The van der Waals surface area contributed by atoms with Crippen LogP contribution in [0.3, 0.4) is 0 Å². The average molecular weight is 200 g/mol. The minimum Gasteiger partial charge on any atom is -0.382 e. The van der Waals surface area contributed by atoms with E-state index in [0.717, 1.165) is 5.69 Å². The SMILES string of the molecule is Nc1ncccc1-n1cnc(C2CC2)c1. The first-order chi connectivity index (χ1) is 7.34. The molecule has 0 amide bonds. The molecule has 0 aromatic carbocycles. The number of rotatable bonds is 2. The van der Waals surface area contributed by atoms with Crippen molar-refractivity contribution in [2.45, 2.75) is 18.8 Å². The predicted molar refractivity (Wildman–Crippen MR) is 57.7 cm³/mol.